The first-order valence-electron chi connectivity index (χ1n) is 31.1. The molecule has 0 fully saturated rings. The molecule has 0 aromatic carbocycles. The minimum atomic E-state index is -0.779. The van der Waals surface area contributed by atoms with Crippen LogP contribution in [-0.2, 0) is 28.6 Å². The minimum absolute atomic E-state index is 0.0765. The Balaban J connectivity index is 4.32. The molecular weight excluding hydrogens is 877 g/mol. The summed E-state index contributed by atoms with van der Waals surface area (Å²) in [5, 5.41) is 0. The topological polar surface area (TPSA) is 78.9 Å². The molecule has 0 heterocycles. The molecule has 0 amide bonds. The second kappa shape index (κ2) is 59.9. The summed E-state index contributed by atoms with van der Waals surface area (Å²) in [6.07, 6.45) is 73.9. The highest BCUT2D eigenvalue weighted by atomic mass is 16.6. The zero-order chi connectivity index (χ0) is 51.4. The smallest absolute Gasteiger partial charge is 0.306 e. The Morgan fingerprint density at radius 1 is 0.282 bits per heavy atom. The Bertz CT molecular complexity index is 1230. The van der Waals surface area contributed by atoms with Crippen LogP contribution in [0.5, 0.6) is 0 Å². The van der Waals surface area contributed by atoms with Crippen LogP contribution < -0.4 is 0 Å². The Kier molecular flexibility index (Phi) is 57.7. The van der Waals surface area contributed by atoms with Crippen LogP contribution in [0.25, 0.3) is 0 Å². The lowest BCUT2D eigenvalue weighted by Crippen LogP contribution is -2.30. The maximum absolute atomic E-state index is 12.9. The van der Waals surface area contributed by atoms with Gasteiger partial charge in [-0.1, -0.05) is 256 Å². The maximum atomic E-state index is 12.9. The van der Waals surface area contributed by atoms with Crippen molar-refractivity contribution in [1.29, 1.82) is 0 Å². The van der Waals surface area contributed by atoms with E-state index in [-0.39, 0.29) is 31.1 Å². The van der Waals surface area contributed by atoms with Crippen LogP contribution in [0.4, 0.5) is 0 Å². The number of carbonyl (C=O) groups excluding carboxylic acids is 3. The van der Waals surface area contributed by atoms with E-state index in [1.165, 1.54) is 218 Å². The van der Waals surface area contributed by atoms with Crippen molar-refractivity contribution >= 4 is 17.9 Å². The van der Waals surface area contributed by atoms with E-state index in [9.17, 15) is 14.4 Å². The standard InChI is InChI=1S/C65H118O6/c1-4-7-10-13-16-19-22-25-27-29-31-32-34-35-37-40-43-46-49-52-55-58-64(67)70-61-62(60-69-63(66)57-54-51-48-45-42-39-24-21-18-15-12-9-6-3)71-65(68)59-56-53-50-47-44-41-38-36-33-30-28-26-23-20-17-14-11-8-5-2/h17,20-21,24,26,28-29,31,62H,4-16,18-19,22-23,25,27,30,32-61H2,1-3H3/b20-17-,24-21-,28-26-,31-29-. The maximum Gasteiger partial charge on any atom is 0.306 e. The monoisotopic (exact) mass is 995 g/mol. The highest BCUT2D eigenvalue weighted by molar-refractivity contribution is 5.71. The van der Waals surface area contributed by atoms with Gasteiger partial charge in [0.25, 0.3) is 0 Å². The molecule has 0 aromatic heterocycles. The van der Waals surface area contributed by atoms with E-state index in [1.807, 2.05) is 0 Å². The lowest BCUT2D eigenvalue weighted by Gasteiger charge is -2.18. The first-order chi connectivity index (χ1) is 35.0. The van der Waals surface area contributed by atoms with Crippen molar-refractivity contribution in [2.24, 2.45) is 0 Å². The number of allylic oxidation sites excluding steroid dienone is 8. The third kappa shape index (κ3) is 58.1. The number of unbranched alkanes of at least 4 members (excludes halogenated alkanes) is 38. The summed E-state index contributed by atoms with van der Waals surface area (Å²) in [6, 6.07) is 0. The van der Waals surface area contributed by atoms with E-state index in [0.717, 1.165) is 70.6 Å². The number of rotatable bonds is 57. The molecule has 71 heavy (non-hydrogen) atoms. The van der Waals surface area contributed by atoms with Crippen LogP contribution in [0.1, 0.15) is 329 Å². The molecule has 0 aromatic rings. The lowest BCUT2D eigenvalue weighted by molar-refractivity contribution is -0.167. The van der Waals surface area contributed by atoms with E-state index in [2.05, 4.69) is 69.4 Å². The molecule has 414 valence electrons. The van der Waals surface area contributed by atoms with Crippen LogP contribution in [0, 0.1) is 0 Å². The van der Waals surface area contributed by atoms with E-state index in [0.29, 0.717) is 19.3 Å². The number of hydrogen-bond donors (Lipinski definition) is 0. The van der Waals surface area contributed by atoms with E-state index in [4.69, 9.17) is 14.2 Å². The second-order valence-electron chi connectivity index (χ2n) is 21.0. The molecule has 0 radical (unpaired) electrons. The SMILES string of the molecule is CCCCC/C=C\C/C=C\CCCCCCCCCCCC(=O)OC(COC(=O)CCCCCCC/C=C\CCCCCC)COC(=O)CCCCCCCCCCC/C=C\CCCCCCCCCC. The average Bonchev–Trinajstić information content (AvgIpc) is 3.37. The molecule has 0 bridgehead atoms. The van der Waals surface area contributed by atoms with Gasteiger partial charge in [-0.25, -0.2) is 0 Å². The molecule has 0 spiro atoms. The molecule has 6 heteroatoms. The van der Waals surface area contributed by atoms with E-state index < -0.39 is 6.10 Å². The summed E-state index contributed by atoms with van der Waals surface area (Å²) in [7, 11) is 0. The highest BCUT2D eigenvalue weighted by Gasteiger charge is 2.19. The second-order valence-corrected chi connectivity index (χ2v) is 21.0. The van der Waals surface area contributed by atoms with Gasteiger partial charge in [0.15, 0.2) is 6.10 Å². The third-order valence-corrected chi connectivity index (χ3v) is 13.8. The Labute approximate surface area is 441 Å². The van der Waals surface area contributed by atoms with Gasteiger partial charge in [-0.05, 0) is 103 Å². The number of ether oxygens (including phenoxy) is 3. The molecule has 6 nitrogen and oxygen atoms in total. The summed E-state index contributed by atoms with van der Waals surface area (Å²) in [5.74, 6) is -0.875. The van der Waals surface area contributed by atoms with Gasteiger partial charge in [0.05, 0.1) is 0 Å². The van der Waals surface area contributed by atoms with Crippen LogP contribution in [-0.4, -0.2) is 37.2 Å². The quantitative estimate of drug-likeness (QED) is 0.0261. The minimum Gasteiger partial charge on any atom is -0.462 e. The highest BCUT2D eigenvalue weighted by Crippen LogP contribution is 2.16. The molecular formula is C65H118O6. The van der Waals surface area contributed by atoms with Crippen molar-refractivity contribution in [2.75, 3.05) is 13.2 Å². The van der Waals surface area contributed by atoms with Gasteiger partial charge in [0.1, 0.15) is 13.2 Å². The fourth-order valence-electron chi connectivity index (χ4n) is 9.05. The molecule has 0 aliphatic rings. The summed E-state index contributed by atoms with van der Waals surface area (Å²) in [6.45, 7) is 6.63. The van der Waals surface area contributed by atoms with Gasteiger partial charge in [0, 0.05) is 19.3 Å². The van der Waals surface area contributed by atoms with E-state index in [1.54, 1.807) is 0 Å². The largest absolute Gasteiger partial charge is 0.462 e. The molecule has 0 N–H and O–H groups in total. The first kappa shape index (κ1) is 68.4. The van der Waals surface area contributed by atoms with Crippen LogP contribution in [0.2, 0.25) is 0 Å². The molecule has 0 aliphatic heterocycles. The number of esters is 3. The van der Waals surface area contributed by atoms with Crippen molar-refractivity contribution in [3.8, 4) is 0 Å². The van der Waals surface area contributed by atoms with E-state index >= 15 is 0 Å². The van der Waals surface area contributed by atoms with Crippen LogP contribution in [0.15, 0.2) is 48.6 Å². The third-order valence-electron chi connectivity index (χ3n) is 13.8. The fraction of sp³-hybridized carbons (Fsp3) is 0.831. The molecule has 1 atom stereocenters. The Morgan fingerprint density at radius 2 is 0.507 bits per heavy atom. The summed E-state index contributed by atoms with van der Waals surface area (Å²) < 4.78 is 16.9. The van der Waals surface area contributed by atoms with Gasteiger partial charge >= 0.3 is 17.9 Å². The zero-order valence-corrected chi connectivity index (χ0v) is 47.5. The lowest BCUT2D eigenvalue weighted by atomic mass is 10.1. The first-order valence-corrected chi connectivity index (χ1v) is 31.1. The van der Waals surface area contributed by atoms with Gasteiger partial charge in [-0.15, -0.1) is 0 Å². The van der Waals surface area contributed by atoms with Gasteiger partial charge in [-0.3, -0.25) is 14.4 Å². The number of carbonyl (C=O) groups is 3. The van der Waals surface area contributed by atoms with Crippen molar-refractivity contribution in [2.45, 2.75) is 335 Å². The zero-order valence-electron chi connectivity index (χ0n) is 47.5. The summed E-state index contributed by atoms with van der Waals surface area (Å²) in [5.41, 5.74) is 0. The average molecular weight is 996 g/mol. The van der Waals surface area contributed by atoms with Gasteiger partial charge in [0.2, 0.25) is 0 Å². The van der Waals surface area contributed by atoms with Crippen LogP contribution >= 0.6 is 0 Å². The molecule has 0 saturated heterocycles. The Morgan fingerprint density at radius 3 is 0.831 bits per heavy atom. The van der Waals surface area contributed by atoms with Crippen LogP contribution in [0.3, 0.4) is 0 Å². The van der Waals surface area contributed by atoms with Crippen molar-refractivity contribution in [1.82, 2.24) is 0 Å². The summed E-state index contributed by atoms with van der Waals surface area (Å²) >= 11 is 0. The molecule has 1 unspecified atom stereocenters. The molecule has 0 aliphatic carbocycles. The van der Waals surface area contributed by atoms with Gasteiger partial charge < -0.3 is 14.2 Å². The van der Waals surface area contributed by atoms with Gasteiger partial charge in [-0.2, -0.15) is 0 Å². The van der Waals surface area contributed by atoms with Crippen molar-refractivity contribution < 1.29 is 28.6 Å². The van der Waals surface area contributed by atoms with Crippen molar-refractivity contribution in [3.05, 3.63) is 48.6 Å². The summed E-state index contributed by atoms with van der Waals surface area (Å²) in [4.78, 5) is 38.2. The predicted molar refractivity (Wildman–Crippen MR) is 307 cm³/mol. The fourth-order valence-corrected chi connectivity index (χ4v) is 9.05. The normalized spacial score (nSPS) is 12.3. The number of hydrogen-bond acceptors (Lipinski definition) is 6. The van der Waals surface area contributed by atoms with Crippen molar-refractivity contribution in [3.63, 3.8) is 0 Å². The molecule has 0 saturated carbocycles. The Hall–Kier alpha value is -2.63. The predicted octanol–water partition coefficient (Wildman–Crippen LogP) is 21.0. The molecule has 0 rings (SSSR count).